The summed E-state index contributed by atoms with van der Waals surface area (Å²) in [7, 11) is -2.29. The number of methoxy groups -OCH3 is 1. The lowest BCUT2D eigenvalue weighted by molar-refractivity contribution is 0.141. The summed E-state index contributed by atoms with van der Waals surface area (Å²) in [6, 6.07) is 0. The van der Waals surface area contributed by atoms with Gasteiger partial charge in [0.15, 0.2) is 10.8 Å². The Hall–Kier alpha value is -1.20. The summed E-state index contributed by atoms with van der Waals surface area (Å²) in [5.41, 5.74) is 1.57. The summed E-state index contributed by atoms with van der Waals surface area (Å²) in [6.45, 7) is 3.70. The van der Waals surface area contributed by atoms with E-state index in [0.717, 1.165) is 0 Å². The Morgan fingerprint density at radius 2 is 2.25 bits per heavy atom. The zero-order valence-electron chi connectivity index (χ0n) is 11.4. The highest BCUT2D eigenvalue weighted by Crippen LogP contribution is 2.25. The molecule has 2 heterocycles. The Bertz CT molecular complexity index is 704. The van der Waals surface area contributed by atoms with Crippen LogP contribution in [0.3, 0.4) is 0 Å². The Morgan fingerprint density at radius 1 is 1.55 bits per heavy atom. The van der Waals surface area contributed by atoms with Gasteiger partial charge in [0.05, 0.1) is 12.1 Å². The fraction of sp³-hybridized carbons (Fsp3) is 0.500. The molecule has 0 amide bonds. The Labute approximate surface area is 121 Å². The minimum absolute atomic E-state index is 0.0135. The molecule has 0 bridgehead atoms. The third kappa shape index (κ3) is 2.79. The van der Waals surface area contributed by atoms with Crippen molar-refractivity contribution < 1.29 is 13.2 Å². The number of hydrogen-bond donors (Lipinski definition) is 3. The van der Waals surface area contributed by atoms with Gasteiger partial charge in [0.1, 0.15) is 0 Å². The monoisotopic (exact) mass is 319 g/mol. The van der Waals surface area contributed by atoms with Gasteiger partial charge in [-0.2, -0.15) is 4.98 Å². The molecule has 0 radical (unpaired) electrons. The first-order chi connectivity index (χ1) is 9.30. The molecule has 0 aliphatic rings. The second-order valence-electron chi connectivity index (χ2n) is 4.89. The van der Waals surface area contributed by atoms with E-state index < -0.39 is 15.6 Å². The third-order valence-corrected chi connectivity index (χ3v) is 5.00. The SMILES string of the molecule is COCC(C)(C)NS(=O)(=O)c1c(NN)nc2sccn12. The fourth-order valence-electron chi connectivity index (χ4n) is 1.92. The van der Waals surface area contributed by atoms with Gasteiger partial charge in [-0.1, -0.05) is 0 Å². The molecule has 2 aromatic rings. The van der Waals surface area contributed by atoms with Gasteiger partial charge >= 0.3 is 0 Å². The number of hydrazine groups is 1. The van der Waals surface area contributed by atoms with Gasteiger partial charge in [0.2, 0.25) is 5.03 Å². The van der Waals surface area contributed by atoms with Crippen LogP contribution in [0.25, 0.3) is 4.96 Å². The van der Waals surface area contributed by atoms with Gasteiger partial charge in [0, 0.05) is 18.7 Å². The lowest BCUT2D eigenvalue weighted by atomic mass is 10.1. The molecule has 0 aliphatic heterocycles. The van der Waals surface area contributed by atoms with Crippen molar-refractivity contribution in [3.8, 4) is 0 Å². The average Bonchev–Trinajstić information content (AvgIpc) is 2.84. The summed E-state index contributed by atoms with van der Waals surface area (Å²) in [5.74, 6) is 5.46. The van der Waals surface area contributed by atoms with Crippen LogP contribution in [0, 0.1) is 0 Å². The molecular weight excluding hydrogens is 302 g/mol. The average molecular weight is 319 g/mol. The fourth-order valence-corrected chi connectivity index (χ4v) is 4.34. The molecular formula is C10H17N5O3S2. The standard InChI is InChI=1S/C10H17N5O3S2/c1-10(2,6-18-3)14-20(16,17)8-7(13-11)12-9-15(8)4-5-19-9/h4-5,13-14H,6,11H2,1-3H3. The van der Waals surface area contributed by atoms with Crippen LogP contribution in [0.1, 0.15) is 13.8 Å². The Morgan fingerprint density at radius 3 is 2.85 bits per heavy atom. The number of imidazole rings is 1. The lowest BCUT2D eigenvalue weighted by Gasteiger charge is -2.24. The van der Waals surface area contributed by atoms with Crippen molar-refractivity contribution in [2.75, 3.05) is 19.1 Å². The van der Waals surface area contributed by atoms with E-state index in [1.807, 2.05) is 0 Å². The molecule has 0 atom stereocenters. The molecule has 0 saturated heterocycles. The topological polar surface area (TPSA) is 111 Å². The number of nitrogen functional groups attached to an aromatic ring is 1. The zero-order valence-corrected chi connectivity index (χ0v) is 13.0. The number of fused-ring (bicyclic) bond motifs is 1. The predicted molar refractivity (Wildman–Crippen MR) is 77.2 cm³/mol. The van der Waals surface area contributed by atoms with E-state index in [4.69, 9.17) is 10.6 Å². The molecule has 8 nitrogen and oxygen atoms in total. The van der Waals surface area contributed by atoms with Crippen LogP contribution in [0.15, 0.2) is 16.6 Å². The lowest BCUT2D eigenvalue weighted by Crippen LogP contribution is -2.47. The number of ether oxygens (including phenoxy) is 1. The molecule has 10 heteroatoms. The van der Waals surface area contributed by atoms with Crippen LogP contribution in [-0.2, 0) is 14.8 Å². The van der Waals surface area contributed by atoms with Crippen molar-refractivity contribution in [1.82, 2.24) is 14.1 Å². The van der Waals surface area contributed by atoms with Crippen molar-refractivity contribution in [3.63, 3.8) is 0 Å². The molecule has 0 aliphatic carbocycles. The minimum atomic E-state index is -3.80. The highest BCUT2D eigenvalue weighted by atomic mass is 32.2. The van der Waals surface area contributed by atoms with Crippen molar-refractivity contribution >= 4 is 32.1 Å². The van der Waals surface area contributed by atoms with Gasteiger partial charge in [0.25, 0.3) is 10.0 Å². The second-order valence-corrected chi connectivity index (χ2v) is 7.36. The maximum atomic E-state index is 12.6. The number of nitrogens with one attached hydrogen (secondary N) is 2. The number of hydrogen-bond acceptors (Lipinski definition) is 7. The van der Waals surface area contributed by atoms with Gasteiger partial charge in [-0.3, -0.25) is 4.40 Å². The molecule has 2 rings (SSSR count). The third-order valence-electron chi connectivity index (χ3n) is 2.53. The molecule has 0 unspecified atom stereocenters. The van der Waals surface area contributed by atoms with Gasteiger partial charge in [-0.15, -0.1) is 11.3 Å². The number of anilines is 1. The van der Waals surface area contributed by atoms with E-state index in [1.54, 1.807) is 25.4 Å². The van der Waals surface area contributed by atoms with Crippen molar-refractivity contribution in [1.29, 1.82) is 0 Å². The quantitative estimate of drug-likeness (QED) is 0.524. The van der Waals surface area contributed by atoms with E-state index in [2.05, 4.69) is 15.1 Å². The molecule has 20 heavy (non-hydrogen) atoms. The van der Waals surface area contributed by atoms with Crippen LogP contribution in [0.2, 0.25) is 0 Å². The molecule has 0 fully saturated rings. The number of nitrogens with zero attached hydrogens (tertiary/aromatic N) is 2. The number of nitrogens with two attached hydrogens (primary N) is 1. The molecule has 112 valence electrons. The smallest absolute Gasteiger partial charge is 0.261 e. The second kappa shape index (κ2) is 5.30. The van der Waals surface area contributed by atoms with E-state index in [-0.39, 0.29) is 17.5 Å². The van der Waals surface area contributed by atoms with Crippen molar-refractivity contribution in [2.45, 2.75) is 24.4 Å². The normalized spacial score (nSPS) is 13.0. The molecule has 2 aromatic heterocycles. The van der Waals surface area contributed by atoms with Crippen LogP contribution in [-0.4, -0.2) is 37.1 Å². The summed E-state index contributed by atoms with van der Waals surface area (Å²) < 4.78 is 34.2. The van der Waals surface area contributed by atoms with Crippen molar-refractivity contribution in [2.24, 2.45) is 5.84 Å². The largest absolute Gasteiger partial charge is 0.383 e. The van der Waals surface area contributed by atoms with Crippen LogP contribution < -0.4 is 16.0 Å². The van der Waals surface area contributed by atoms with Crippen LogP contribution in [0.4, 0.5) is 5.82 Å². The maximum Gasteiger partial charge on any atom is 0.261 e. The zero-order chi connectivity index (χ0) is 15.0. The van der Waals surface area contributed by atoms with Crippen molar-refractivity contribution in [3.05, 3.63) is 11.6 Å². The molecule has 0 aromatic carbocycles. The predicted octanol–water partition coefficient (Wildman–Crippen LogP) is 0.385. The first-order valence-electron chi connectivity index (χ1n) is 5.76. The first-order valence-corrected chi connectivity index (χ1v) is 8.12. The summed E-state index contributed by atoms with van der Waals surface area (Å²) in [4.78, 5) is 4.67. The van der Waals surface area contributed by atoms with E-state index in [0.29, 0.717) is 4.96 Å². The van der Waals surface area contributed by atoms with E-state index >= 15 is 0 Å². The summed E-state index contributed by atoms with van der Waals surface area (Å²) in [6.07, 6.45) is 1.63. The van der Waals surface area contributed by atoms with E-state index in [9.17, 15) is 8.42 Å². The first kappa shape index (κ1) is 15.2. The number of aromatic nitrogens is 2. The van der Waals surface area contributed by atoms with E-state index in [1.165, 1.54) is 22.8 Å². The van der Waals surface area contributed by atoms with Crippen LogP contribution >= 0.6 is 11.3 Å². The van der Waals surface area contributed by atoms with Crippen LogP contribution in [0.5, 0.6) is 0 Å². The number of sulfonamides is 1. The summed E-state index contributed by atoms with van der Waals surface area (Å²) in [5, 5.41) is 1.74. The molecule has 0 spiro atoms. The molecule has 4 N–H and O–H groups in total. The minimum Gasteiger partial charge on any atom is -0.383 e. The Balaban J connectivity index is 2.48. The van der Waals surface area contributed by atoms with Gasteiger partial charge in [-0.25, -0.2) is 19.0 Å². The highest BCUT2D eigenvalue weighted by molar-refractivity contribution is 7.89. The molecule has 0 saturated carbocycles. The number of thiazole rings is 1. The number of rotatable bonds is 6. The highest BCUT2D eigenvalue weighted by Gasteiger charge is 2.31. The maximum absolute atomic E-state index is 12.6. The Kier molecular flexibility index (Phi) is 4.02. The summed E-state index contributed by atoms with van der Waals surface area (Å²) >= 11 is 1.32. The van der Waals surface area contributed by atoms with Gasteiger partial charge in [-0.05, 0) is 13.8 Å². The van der Waals surface area contributed by atoms with Gasteiger partial charge < -0.3 is 10.2 Å².